The molecule has 0 saturated heterocycles. The van der Waals surface area contributed by atoms with Crippen molar-refractivity contribution >= 4 is 5.96 Å². The Labute approximate surface area is 112 Å². The van der Waals surface area contributed by atoms with Gasteiger partial charge in [-0.05, 0) is 18.1 Å². The summed E-state index contributed by atoms with van der Waals surface area (Å²) in [5.74, 6) is 0.742. The molecule has 5 heteroatoms. The van der Waals surface area contributed by atoms with E-state index in [4.69, 9.17) is 4.52 Å². The van der Waals surface area contributed by atoms with Crippen LogP contribution in [0.4, 0.5) is 0 Å². The third-order valence-electron chi connectivity index (χ3n) is 2.86. The van der Waals surface area contributed by atoms with Crippen LogP contribution >= 0.6 is 0 Å². The second kappa shape index (κ2) is 6.58. The van der Waals surface area contributed by atoms with Crippen LogP contribution in [0.1, 0.15) is 16.8 Å². The number of aliphatic imine (C=N–C) groups is 1. The summed E-state index contributed by atoms with van der Waals surface area (Å²) in [5.41, 5.74) is 3.37. The molecule has 1 aromatic carbocycles. The van der Waals surface area contributed by atoms with Crippen molar-refractivity contribution in [2.24, 2.45) is 4.99 Å². The third kappa shape index (κ3) is 3.84. The Balaban J connectivity index is 1.85. The molecule has 0 fully saturated rings. The Morgan fingerprint density at radius 3 is 2.68 bits per heavy atom. The molecule has 0 unspecified atom stereocenters. The Bertz CT molecular complexity index is 534. The van der Waals surface area contributed by atoms with Crippen LogP contribution in [-0.2, 0) is 13.1 Å². The lowest BCUT2D eigenvalue weighted by Crippen LogP contribution is -2.36. The summed E-state index contributed by atoms with van der Waals surface area (Å²) in [5, 5.41) is 10.3. The van der Waals surface area contributed by atoms with E-state index in [2.05, 4.69) is 39.8 Å². The molecular weight excluding hydrogens is 240 g/mol. The quantitative estimate of drug-likeness (QED) is 0.649. The summed E-state index contributed by atoms with van der Waals surface area (Å²) < 4.78 is 4.78. The fourth-order valence-electron chi connectivity index (χ4n) is 1.71. The lowest BCUT2D eigenvalue weighted by molar-refractivity contribution is 0.410. The molecule has 0 bridgehead atoms. The Morgan fingerprint density at radius 1 is 1.21 bits per heavy atom. The van der Waals surface area contributed by atoms with E-state index in [1.807, 2.05) is 18.2 Å². The number of nitrogens with zero attached hydrogens (tertiary/aromatic N) is 2. The fourth-order valence-corrected chi connectivity index (χ4v) is 1.71. The number of hydrogen-bond acceptors (Lipinski definition) is 3. The van der Waals surface area contributed by atoms with Crippen LogP contribution in [0.3, 0.4) is 0 Å². The smallest absolute Gasteiger partial charge is 0.191 e. The molecule has 100 valence electrons. The molecular formula is C14H18N4O. The summed E-state index contributed by atoms with van der Waals surface area (Å²) >= 11 is 0. The van der Waals surface area contributed by atoms with E-state index >= 15 is 0 Å². The van der Waals surface area contributed by atoms with Crippen molar-refractivity contribution in [1.82, 2.24) is 15.8 Å². The van der Waals surface area contributed by atoms with Crippen LogP contribution < -0.4 is 10.6 Å². The number of benzene rings is 1. The maximum Gasteiger partial charge on any atom is 0.191 e. The second-order valence-corrected chi connectivity index (χ2v) is 4.20. The molecule has 0 radical (unpaired) electrons. The molecule has 1 aromatic heterocycles. The average molecular weight is 258 g/mol. The molecule has 0 saturated carbocycles. The third-order valence-corrected chi connectivity index (χ3v) is 2.86. The predicted octanol–water partition coefficient (Wildman–Crippen LogP) is 1.85. The van der Waals surface area contributed by atoms with Gasteiger partial charge in [0.2, 0.25) is 0 Å². The summed E-state index contributed by atoms with van der Waals surface area (Å²) in [4.78, 5) is 4.17. The Kier molecular flexibility index (Phi) is 4.55. The summed E-state index contributed by atoms with van der Waals surface area (Å²) in [6.07, 6.45) is 1.56. The first-order valence-electron chi connectivity index (χ1n) is 6.18. The van der Waals surface area contributed by atoms with E-state index < -0.39 is 0 Å². The SMILES string of the molecule is CN=C(NCc1ccon1)NCc1ccccc1C. The zero-order chi connectivity index (χ0) is 13.5. The van der Waals surface area contributed by atoms with Gasteiger partial charge in [-0.15, -0.1) is 0 Å². The van der Waals surface area contributed by atoms with Crippen LogP contribution in [-0.4, -0.2) is 18.2 Å². The highest BCUT2D eigenvalue weighted by atomic mass is 16.5. The minimum absolute atomic E-state index is 0.587. The van der Waals surface area contributed by atoms with Gasteiger partial charge in [-0.25, -0.2) is 0 Å². The molecule has 1 heterocycles. The minimum atomic E-state index is 0.587. The average Bonchev–Trinajstić information content (AvgIpc) is 2.94. The number of nitrogens with one attached hydrogen (secondary N) is 2. The molecule has 2 rings (SSSR count). The molecule has 5 nitrogen and oxygen atoms in total. The van der Waals surface area contributed by atoms with Crippen molar-refractivity contribution < 1.29 is 4.52 Å². The standard InChI is InChI=1S/C14H18N4O/c1-11-5-3-4-6-12(11)9-16-14(15-2)17-10-13-7-8-19-18-13/h3-8H,9-10H2,1-2H3,(H2,15,16,17). The van der Waals surface area contributed by atoms with Crippen molar-refractivity contribution in [3.8, 4) is 0 Å². The molecule has 0 aliphatic rings. The lowest BCUT2D eigenvalue weighted by Gasteiger charge is -2.12. The lowest BCUT2D eigenvalue weighted by atomic mass is 10.1. The highest BCUT2D eigenvalue weighted by Crippen LogP contribution is 2.05. The van der Waals surface area contributed by atoms with Gasteiger partial charge in [0.25, 0.3) is 0 Å². The van der Waals surface area contributed by atoms with E-state index in [0.717, 1.165) is 18.2 Å². The number of aryl methyl sites for hydroxylation is 1. The van der Waals surface area contributed by atoms with Crippen molar-refractivity contribution in [3.63, 3.8) is 0 Å². The van der Waals surface area contributed by atoms with Crippen LogP contribution in [0.5, 0.6) is 0 Å². The molecule has 2 aromatic rings. The molecule has 19 heavy (non-hydrogen) atoms. The summed E-state index contributed by atoms with van der Waals surface area (Å²) in [7, 11) is 1.75. The molecule has 0 aliphatic carbocycles. The van der Waals surface area contributed by atoms with E-state index in [0.29, 0.717) is 6.54 Å². The molecule has 0 atom stereocenters. The maximum absolute atomic E-state index is 4.78. The Morgan fingerprint density at radius 2 is 2.00 bits per heavy atom. The summed E-state index contributed by atoms with van der Waals surface area (Å²) in [6.45, 7) is 3.43. The van der Waals surface area contributed by atoms with Gasteiger partial charge in [-0.1, -0.05) is 29.4 Å². The predicted molar refractivity (Wildman–Crippen MR) is 74.7 cm³/mol. The van der Waals surface area contributed by atoms with Crippen molar-refractivity contribution in [3.05, 3.63) is 53.4 Å². The number of guanidine groups is 1. The normalized spacial score (nSPS) is 11.4. The fraction of sp³-hybridized carbons (Fsp3) is 0.286. The molecule has 0 aliphatic heterocycles. The van der Waals surface area contributed by atoms with E-state index in [1.165, 1.54) is 11.1 Å². The van der Waals surface area contributed by atoms with Crippen molar-refractivity contribution in [2.75, 3.05) is 7.05 Å². The largest absolute Gasteiger partial charge is 0.364 e. The zero-order valence-corrected chi connectivity index (χ0v) is 11.2. The number of aromatic nitrogens is 1. The van der Waals surface area contributed by atoms with Gasteiger partial charge in [-0.2, -0.15) is 0 Å². The first-order valence-corrected chi connectivity index (χ1v) is 6.18. The Hall–Kier alpha value is -2.30. The van der Waals surface area contributed by atoms with Gasteiger partial charge in [0, 0.05) is 19.7 Å². The topological polar surface area (TPSA) is 62.5 Å². The van der Waals surface area contributed by atoms with Gasteiger partial charge in [0.1, 0.15) is 12.0 Å². The summed E-state index contributed by atoms with van der Waals surface area (Å²) in [6, 6.07) is 10.1. The van der Waals surface area contributed by atoms with Gasteiger partial charge in [0.15, 0.2) is 5.96 Å². The van der Waals surface area contributed by atoms with E-state index in [-0.39, 0.29) is 0 Å². The molecule has 2 N–H and O–H groups in total. The van der Waals surface area contributed by atoms with Gasteiger partial charge >= 0.3 is 0 Å². The van der Waals surface area contributed by atoms with E-state index in [1.54, 1.807) is 13.3 Å². The first kappa shape index (κ1) is 13.1. The van der Waals surface area contributed by atoms with E-state index in [9.17, 15) is 0 Å². The highest BCUT2D eigenvalue weighted by molar-refractivity contribution is 5.79. The van der Waals surface area contributed by atoms with Crippen molar-refractivity contribution in [2.45, 2.75) is 20.0 Å². The second-order valence-electron chi connectivity index (χ2n) is 4.20. The number of hydrogen-bond donors (Lipinski definition) is 2. The number of rotatable bonds is 4. The molecule has 0 amide bonds. The van der Waals surface area contributed by atoms with Crippen LogP contribution in [0.25, 0.3) is 0 Å². The monoisotopic (exact) mass is 258 g/mol. The first-order chi connectivity index (χ1) is 9.29. The van der Waals surface area contributed by atoms with Crippen LogP contribution in [0.15, 0.2) is 46.1 Å². The van der Waals surface area contributed by atoms with Gasteiger partial charge in [-0.3, -0.25) is 4.99 Å². The van der Waals surface area contributed by atoms with Gasteiger partial charge < -0.3 is 15.2 Å². The minimum Gasteiger partial charge on any atom is -0.364 e. The zero-order valence-electron chi connectivity index (χ0n) is 11.2. The van der Waals surface area contributed by atoms with Gasteiger partial charge in [0.05, 0.1) is 6.54 Å². The van der Waals surface area contributed by atoms with Crippen LogP contribution in [0.2, 0.25) is 0 Å². The molecule has 0 spiro atoms. The van der Waals surface area contributed by atoms with Crippen molar-refractivity contribution in [1.29, 1.82) is 0 Å². The highest BCUT2D eigenvalue weighted by Gasteiger charge is 2.01. The maximum atomic E-state index is 4.78. The van der Waals surface area contributed by atoms with Crippen LogP contribution in [0, 0.1) is 6.92 Å².